The summed E-state index contributed by atoms with van der Waals surface area (Å²) < 4.78 is 38.4. The summed E-state index contributed by atoms with van der Waals surface area (Å²) in [6, 6.07) is 20.0. The Morgan fingerprint density at radius 1 is 0.848 bits per heavy atom. The number of benzene rings is 3. The number of Topliss-reactive ketones (excluding diaryl/α,β-unsaturated/α-hetero) is 1. The third-order valence-electron chi connectivity index (χ3n) is 8.73. The van der Waals surface area contributed by atoms with E-state index >= 15 is 0 Å². The molecule has 2 saturated carbocycles. The van der Waals surface area contributed by atoms with Crippen LogP contribution in [0.25, 0.3) is 10.8 Å². The first-order valence-electron chi connectivity index (χ1n) is 15.1. The van der Waals surface area contributed by atoms with E-state index in [4.69, 9.17) is 5.41 Å². The molecule has 0 aromatic heterocycles. The Bertz CT molecular complexity index is 1740. The second kappa shape index (κ2) is 13.6. The molecule has 2 aliphatic carbocycles. The summed E-state index contributed by atoms with van der Waals surface area (Å²) >= 11 is 0. The molecule has 8 nitrogen and oxygen atoms in total. The molecule has 2 aliphatic rings. The van der Waals surface area contributed by atoms with Gasteiger partial charge in [0.25, 0.3) is 5.91 Å². The van der Waals surface area contributed by atoms with Crippen LogP contribution < -0.4 is 16.0 Å². The Hall–Kier alpha value is -4.98. The molecule has 0 saturated heterocycles. The Kier molecular flexibility index (Phi) is 9.56. The van der Waals surface area contributed by atoms with Crippen LogP contribution in [-0.4, -0.2) is 48.0 Å². The molecule has 3 amide bonds. The predicted molar refractivity (Wildman–Crippen MR) is 166 cm³/mol. The van der Waals surface area contributed by atoms with Gasteiger partial charge in [-0.2, -0.15) is 13.2 Å². The van der Waals surface area contributed by atoms with Crippen LogP contribution in [0.15, 0.2) is 66.7 Å². The van der Waals surface area contributed by atoms with Crippen molar-refractivity contribution in [3.8, 4) is 11.8 Å². The Labute approximate surface area is 264 Å². The van der Waals surface area contributed by atoms with Gasteiger partial charge in [-0.05, 0) is 66.3 Å². The molecule has 2 fully saturated rings. The molecule has 5 rings (SSSR count). The third-order valence-corrected chi connectivity index (χ3v) is 8.73. The topological polar surface area (TPSA) is 128 Å². The highest BCUT2D eigenvalue weighted by molar-refractivity contribution is 6.49. The molecule has 0 atom stereocenters. The van der Waals surface area contributed by atoms with Crippen LogP contribution in [0, 0.1) is 23.2 Å². The van der Waals surface area contributed by atoms with Crippen LogP contribution in [0.2, 0.25) is 0 Å². The molecule has 0 radical (unpaired) electrons. The Morgan fingerprint density at radius 2 is 1.50 bits per heavy atom. The Balaban J connectivity index is 1.12. The summed E-state index contributed by atoms with van der Waals surface area (Å²) in [5, 5.41) is 18.3. The fraction of sp³-hybridized carbons (Fsp3) is 0.343. The molecule has 0 bridgehead atoms. The van der Waals surface area contributed by atoms with Gasteiger partial charge in [0.15, 0.2) is 0 Å². The van der Waals surface area contributed by atoms with Crippen LogP contribution in [0.5, 0.6) is 0 Å². The van der Waals surface area contributed by atoms with E-state index in [2.05, 4.69) is 27.8 Å². The van der Waals surface area contributed by atoms with Gasteiger partial charge in [0.05, 0.1) is 18.2 Å². The molecule has 0 aliphatic heterocycles. The molecule has 0 spiro atoms. The third kappa shape index (κ3) is 7.28. The highest BCUT2D eigenvalue weighted by Gasteiger charge is 2.51. The van der Waals surface area contributed by atoms with Gasteiger partial charge in [0, 0.05) is 23.6 Å². The van der Waals surface area contributed by atoms with E-state index in [9.17, 15) is 32.3 Å². The highest BCUT2D eigenvalue weighted by Crippen LogP contribution is 2.51. The predicted octanol–water partition coefficient (Wildman–Crippen LogP) is 4.75. The van der Waals surface area contributed by atoms with Gasteiger partial charge in [-0.1, -0.05) is 72.7 Å². The van der Waals surface area contributed by atoms with Crippen molar-refractivity contribution in [1.29, 1.82) is 5.41 Å². The molecular formula is C35H33F3N4O4. The van der Waals surface area contributed by atoms with Crippen molar-refractivity contribution in [2.45, 2.75) is 62.7 Å². The monoisotopic (exact) mass is 630 g/mol. The summed E-state index contributed by atoms with van der Waals surface area (Å²) in [6.07, 6.45) is -2.58. The van der Waals surface area contributed by atoms with Crippen molar-refractivity contribution >= 4 is 40.0 Å². The van der Waals surface area contributed by atoms with Crippen LogP contribution in [0.4, 0.5) is 13.2 Å². The number of hydrogen-bond acceptors (Lipinski definition) is 5. The number of nitrogens with one attached hydrogen (secondary N) is 4. The SMILES string of the molecule is N=C(C(=O)c1ccccc1CNC(=O)C(=O)NCC#CC(=O)NC1CCC(C(F)(F)F)CC1)C1(c2cccc3ccccc23)CC1. The zero-order chi connectivity index (χ0) is 32.9. The van der Waals surface area contributed by atoms with E-state index in [0.29, 0.717) is 18.4 Å². The summed E-state index contributed by atoms with van der Waals surface area (Å²) in [5.41, 5.74) is 0.965. The Morgan fingerprint density at radius 3 is 2.22 bits per heavy atom. The molecule has 3 aromatic rings. The maximum Gasteiger partial charge on any atom is 0.391 e. The fourth-order valence-corrected chi connectivity index (χ4v) is 6.04. The van der Waals surface area contributed by atoms with Crippen LogP contribution in [0.1, 0.15) is 60.0 Å². The number of fused-ring (bicyclic) bond motifs is 1. The maximum atomic E-state index is 13.6. The molecule has 4 N–H and O–H groups in total. The van der Waals surface area contributed by atoms with E-state index < -0.39 is 47.1 Å². The van der Waals surface area contributed by atoms with Crippen molar-refractivity contribution in [2.24, 2.45) is 5.92 Å². The van der Waals surface area contributed by atoms with Gasteiger partial charge in [-0.15, -0.1) is 0 Å². The first kappa shape index (κ1) is 32.4. The zero-order valence-corrected chi connectivity index (χ0v) is 24.9. The first-order valence-corrected chi connectivity index (χ1v) is 15.1. The lowest BCUT2D eigenvalue weighted by Gasteiger charge is -2.29. The minimum Gasteiger partial charge on any atom is -0.344 e. The lowest BCUT2D eigenvalue weighted by Crippen LogP contribution is -2.40. The summed E-state index contributed by atoms with van der Waals surface area (Å²) in [5.74, 6) is 0.254. The molecule has 11 heteroatoms. The first-order chi connectivity index (χ1) is 22.0. The molecule has 46 heavy (non-hydrogen) atoms. The van der Waals surface area contributed by atoms with Crippen molar-refractivity contribution in [3.63, 3.8) is 0 Å². The maximum absolute atomic E-state index is 13.6. The van der Waals surface area contributed by atoms with Crippen molar-refractivity contribution in [1.82, 2.24) is 16.0 Å². The molecule has 3 aromatic carbocycles. The average molecular weight is 631 g/mol. The van der Waals surface area contributed by atoms with Crippen molar-refractivity contribution < 1.29 is 32.3 Å². The molecule has 0 heterocycles. The molecular weight excluding hydrogens is 597 g/mol. The van der Waals surface area contributed by atoms with Gasteiger partial charge < -0.3 is 21.4 Å². The number of alkyl halides is 3. The number of carbonyl (C=O) groups is 4. The van der Waals surface area contributed by atoms with Gasteiger partial charge in [0.2, 0.25) is 5.78 Å². The summed E-state index contributed by atoms with van der Waals surface area (Å²) in [4.78, 5) is 50.4. The highest BCUT2D eigenvalue weighted by atomic mass is 19.4. The minimum absolute atomic E-state index is 0.0167. The number of halogens is 3. The fourth-order valence-electron chi connectivity index (χ4n) is 6.04. The second-order valence-corrected chi connectivity index (χ2v) is 11.7. The van der Waals surface area contributed by atoms with E-state index in [1.54, 1.807) is 24.3 Å². The largest absolute Gasteiger partial charge is 0.391 e. The minimum atomic E-state index is -4.23. The van der Waals surface area contributed by atoms with Crippen molar-refractivity contribution in [3.05, 3.63) is 83.4 Å². The second-order valence-electron chi connectivity index (χ2n) is 11.7. The number of rotatable bonds is 8. The molecule has 238 valence electrons. The average Bonchev–Trinajstić information content (AvgIpc) is 3.86. The van der Waals surface area contributed by atoms with Gasteiger partial charge >= 0.3 is 18.0 Å². The normalized spacial score (nSPS) is 18.4. The van der Waals surface area contributed by atoms with E-state index in [-0.39, 0.29) is 50.0 Å². The van der Waals surface area contributed by atoms with E-state index in [0.717, 1.165) is 16.3 Å². The quantitative estimate of drug-likeness (QED) is 0.124. The summed E-state index contributed by atoms with van der Waals surface area (Å²) in [7, 11) is 0. The van der Waals surface area contributed by atoms with Crippen molar-refractivity contribution in [2.75, 3.05) is 6.54 Å². The van der Waals surface area contributed by atoms with Crippen LogP contribution >= 0.6 is 0 Å². The van der Waals surface area contributed by atoms with Gasteiger partial charge in [-0.25, -0.2) is 0 Å². The van der Waals surface area contributed by atoms with E-state index in [1.165, 1.54) is 0 Å². The zero-order valence-electron chi connectivity index (χ0n) is 24.9. The lowest BCUT2D eigenvalue weighted by molar-refractivity contribution is -0.182. The van der Waals surface area contributed by atoms with Gasteiger partial charge in [0.1, 0.15) is 0 Å². The number of ketones is 1. The molecule has 0 unspecified atom stereocenters. The number of amides is 3. The summed E-state index contributed by atoms with van der Waals surface area (Å²) in [6.45, 7) is -0.434. The number of hydrogen-bond donors (Lipinski definition) is 4. The van der Waals surface area contributed by atoms with Gasteiger partial charge in [-0.3, -0.25) is 19.2 Å². The number of carbonyl (C=O) groups excluding carboxylic acids is 4. The smallest absolute Gasteiger partial charge is 0.344 e. The van der Waals surface area contributed by atoms with Crippen LogP contribution in [0.3, 0.4) is 0 Å². The van der Waals surface area contributed by atoms with Crippen LogP contribution in [-0.2, 0) is 26.3 Å². The van der Waals surface area contributed by atoms with E-state index in [1.807, 2.05) is 42.5 Å². The lowest BCUT2D eigenvalue weighted by atomic mass is 9.83. The standard InChI is InChI=1S/C35H33F3N4O4/c36-35(37,38)24-14-16-25(17-15-24)42-29(43)13-6-20-40-32(45)33(46)41-21-23-8-2-4-11-27(23)30(44)31(39)34(18-19-34)28-12-5-9-22-7-1-3-10-26(22)28/h1-5,7-12,24-25,39H,14-21H2,(H,40,45)(H,41,46)(H,42,43).